The monoisotopic (exact) mass is 854 g/mol. The van der Waals surface area contributed by atoms with Crippen molar-refractivity contribution in [2.75, 3.05) is 25.7 Å². The highest BCUT2D eigenvalue weighted by molar-refractivity contribution is 7.91. The van der Waals surface area contributed by atoms with E-state index in [1.54, 1.807) is 48.5 Å². The van der Waals surface area contributed by atoms with E-state index in [1.165, 1.54) is 31.9 Å². The second-order valence-corrected chi connectivity index (χ2v) is 18.8. The van der Waals surface area contributed by atoms with Crippen LogP contribution in [0.5, 0.6) is 0 Å². The molecule has 0 unspecified atom stereocenters. The molecule has 0 atom stereocenters. The van der Waals surface area contributed by atoms with Crippen molar-refractivity contribution in [2.45, 2.75) is 105 Å². The first-order chi connectivity index (χ1) is 28.1. The molecule has 0 saturated heterocycles. The number of ketones is 1. The maximum Gasteiger partial charge on any atom is 0.294 e. The fourth-order valence-corrected chi connectivity index (χ4v) is 8.57. The summed E-state index contributed by atoms with van der Waals surface area (Å²) in [5.41, 5.74) is 4.48. The summed E-state index contributed by atoms with van der Waals surface area (Å²) in [6.45, 7) is -0.130. The number of benzene rings is 2. The standard InChI is InChI=1S/C20H25N3O6S.C20H25N3O5S/c1-30(27,28)17-11-9-15(10-12-17)19-14-18(20(24)8-5-13-29-23(25)26)21-22(19)16-6-3-2-4-7-16;1-29(26,27)19-12-10-16(11-13-19)20-15-17(7-5-6-14-28-23(24)25)21-22(20)18-8-3-2-4-9-18/h9-12,14,16H,2-8,13H2,1H3;5,7,10-13,15,18H,2-4,6,8-9,14H2,1H3/b;7-5-. The quantitative estimate of drug-likeness (QED) is 0.0430. The Labute approximate surface area is 343 Å². The number of Topliss-reactive ketones (excluding diaryl/α,β-unsaturated/α-hetero) is 1. The summed E-state index contributed by atoms with van der Waals surface area (Å²) in [6.07, 6.45) is 17.7. The van der Waals surface area contributed by atoms with E-state index < -0.39 is 29.8 Å². The van der Waals surface area contributed by atoms with Crippen LogP contribution >= 0.6 is 0 Å². The van der Waals surface area contributed by atoms with E-state index in [4.69, 9.17) is 5.10 Å². The van der Waals surface area contributed by atoms with Gasteiger partial charge in [-0.1, -0.05) is 68.9 Å². The van der Waals surface area contributed by atoms with Gasteiger partial charge in [0.2, 0.25) is 0 Å². The average molecular weight is 855 g/mol. The summed E-state index contributed by atoms with van der Waals surface area (Å²) in [7, 11) is -6.54. The molecule has 2 aromatic carbocycles. The Morgan fingerprint density at radius 1 is 0.712 bits per heavy atom. The SMILES string of the molecule is CS(=O)(=O)c1ccc(-c2cc(/C=C\CCO[N+](=O)[O-])nn2C2CCCCC2)cc1.CS(=O)(=O)c1ccc(-c2cc(C(=O)CCCO[N+](=O)[O-])nn2C2CCCCC2)cc1. The molecule has 0 amide bonds. The Kier molecular flexibility index (Phi) is 15.5. The van der Waals surface area contributed by atoms with Gasteiger partial charge in [0.15, 0.2) is 25.5 Å². The van der Waals surface area contributed by atoms with Gasteiger partial charge in [-0.2, -0.15) is 10.2 Å². The minimum atomic E-state index is -3.30. The highest BCUT2D eigenvalue weighted by Crippen LogP contribution is 2.35. The van der Waals surface area contributed by atoms with Gasteiger partial charge >= 0.3 is 0 Å². The van der Waals surface area contributed by atoms with Crippen molar-refractivity contribution in [3.63, 3.8) is 0 Å². The van der Waals surface area contributed by atoms with E-state index in [0.717, 1.165) is 73.0 Å². The van der Waals surface area contributed by atoms with Crippen molar-refractivity contribution in [3.05, 3.63) is 98.4 Å². The van der Waals surface area contributed by atoms with Crippen LogP contribution in [0.2, 0.25) is 0 Å². The second-order valence-electron chi connectivity index (χ2n) is 14.8. The Hall–Kier alpha value is -5.43. The van der Waals surface area contributed by atoms with Gasteiger partial charge in [-0.15, -0.1) is 20.2 Å². The largest absolute Gasteiger partial charge is 0.314 e. The molecule has 318 valence electrons. The third-order valence-corrected chi connectivity index (χ3v) is 12.5. The molecule has 2 aliphatic rings. The van der Waals surface area contributed by atoms with E-state index in [2.05, 4.69) is 14.8 Å². The highest BCUT2D eigenvalue weighted by Gasteiger charge is 2.24. The summed E-state index contributed by atoms with van der Waals surface area (Å²) in [4.78, 5) is 42.1. The van der Waals surface area contributed by atoms with Crippen LogP contribution in [0.4, 0.5) is 0 Å². The Morgan fingerprint density at radius 2 is 1.17 bits per heavy atom. The van der Waals surface area contributed by atoms with Gasteiger partial charge in [0.1, 0.15) is 5.69 Å². The molecule has 19 heteroatoms. The molecule has 0 N–H and O–H groups in total. The maximum atomic E-state index is 12.6. The van der Waals surface area contributed by atoms with Gasteiger partial charge in [-0.25, -0.2) is 16.8 Å². The number of nitrogens with zero attached hydrogens (tertiary/aromatic N) is 6. The van der Waals surface area contributed by atoms with Crippen LogP contribution in [0.1, 0.15) is 112 Å². The molecule has 2 saturated carbocycles. The minimum absolute atomic E-state index is 0.00659. The van der Waals surface area contributed by atoms with Crippen LogP contribution in [0.3, 0.4) is 0 Å². The van der Waals surface area contributed by atoms with E-state index >= 15 is 0 Å². The van der Waals surface area contributed by atoms with Crippen LogP contribution < -0.4 is 0 Å². The molecule has 4 aromatic rings. The first-order valence-corrected chi connectivity index (χ1v) is 23.4. The lowest BCUT2D eigenvalue weighted by Gasteiger charge is -2.24. The van der Waals surface area contributed by atoms with Crippen LogP contribution in [0, 0.1) is 20.2 Å². The molecule has 2 fully saturated rings. The van der Waals surface area contributed by atoms with Gasteiger partial charge in [-0.3, -0.25) is 14.2 Å². The molecule has 2 aliphatic carbocycles. The summed E-state index contributed by atoms with van der Waals surface area (Å²) in [5, 5.41) is 28.1. The zero-order valence-electron chi connectivity index (χ0n) is 33.2. The van der Waals surface area contributed by atoms with E-state index in [0.29, 0.717) is 18.2 Å². The van der Waals surface area contributed by atoms with Crippen molar-refractivity contribution in [3.8, 4) is 22.5 Å². The Balaban J connectivity index is 0.000000224. The fourth-order valence-electron chi connectivity index (χ4n) is 7.31. The first-order valence-electron chi connectivity index (χ1n) is 19.6. The highest BCUT2D eigenvalue weighted by atomic mass is 32.2. The van der Waals surface area contributed by atoms with Crippen molar-refractivity contribution >= 4 is 31.5 Å². The molecule has 2 aromatic heterocycles. The molecular formula is C40H50N6O11S2. The lowest BCUT2D eigenvalue weighted by atomic mass is 9.95. The minimum Gasteiger partial charge on any atom is -0.314 e. The summed E-state index contributed by atoms with van der Waals surface area (Å²) in [6, 6.07) is 17.6. The lowest BCUT2D eigenvalue weighted by molar-refractivity contribution is -0.757. The summed E-state index contributed by atoms with van der Waals surface area (Å²) in [5.74, 6) is -0.203. The van der Waals surface area contributed by atoms with E-state index in [1.807, 2.05) is 33.6 Å². The van der Waals surface area contributed by atoms with Crippen molar-refractivity contribution in [1.29, 1.82) is 0 Å². The Bertz CT molecular complexity index is 2310. The van der Waals surface area contributed by atoms with Crippen LogP contribution in [-0.4, -0.2) is 78.1 Å². The van der Waals surface area contributed by atoms with Crippen molar-refractivity contribution < 1.29 is 41.5 Å². The van der Waals surface area contributed by atoms with Gasteiger partial charge < -0.3 is 9.68 Å². The molecule has 0 spiro atoms. The first kappa shape index (κ1) is 44.7. The van der Waals surface area contributed by atoms with Crippen molar-refractivity contribution in [1.82, 2.24) is 19.6 Å². The predicted molar refractivity (Wildman–Crippen MR) is 219 cm³/mol. The third kappa shape index (κ3) is 13.0. The second kappa shape index (κ2) is 20.5. The molecular weight excluding hydrogens is 805 g/mol. The number of carbonyl (C=O) groups excluding carboxylic acids is 1. The third-order valence-electron chi connectivity index (χ3n) is 10.3. The topological polar surface area (TPSA) is 226 Å². The molecule has 0 aliphatic heterocycles. The summed E-state index contributed by atoms with van der Waals surface area (Å²) >= 11 is 0. The number of hydrogen-bond donors (Lipinski definition) is 0. The molecule has 0 radical (unpaired) electrons. The average Bonchev–Trinajstić information content (AvgIpc) is 3.86. The molecule has 17 nitrogen and oxygen atoms in total. The Morgan fingerprint density at radius 3 is 1.64 bits per heavy atom. The number of aromatic nitrogens is 4. The number of sulfone groups is 2. The lowest BCUT2D eigenvalue weighted by Crippen LogP contribution is -2.16. The van der Waals surface area contributed by atoms with Crippen LogP contribution in [0.15, 0.2) is 76.5 Å². The molecule has 0 bridgehead atoms. The zero-order chi connectivity index (χ0) is 42.6. The van der Waals surface area contributed by atoms with Gasteiger partial charge in [0.05, 0.1) is 52.2 Å². The normalized spacial score (nSPS) is 15.4. The van der Waals surface area contributed by atoms with Gasteiger partial charge in [0, 0.05) is 18.9 Å². The number of rotatable bonds is 17. The predicted octanol–water partition coefficient (Wildman–Crippen LogP) is 7.70. The smallest absolute Gasteiger partial charge is 0.294 e. The summed E-state index contributed by atoms with van der Waals surface area (Å²) < 4.78 is 50.9. The van der Waals surface area contributed by atoms with Gasteiger partial charge in [0.25, 0.3) is 10.2 Å². The molecule has 59 heavy (non-hydrogen) atoms. The van der Waals surface area contributed by atoms with Crippen LogP contribution in [0.25, 0.3) is 28.6 Å². The fraction of sp³-hybridized carbons (Fsp3) is 0.475. The molecule has 2 heterocycles. The number of hydrogen-bond acceptors (Lipinski definition) is 13. The van der Waals surface area contributed by atoms with E-state index in [-0.39, 0.29) is 47.7 Å². The van der Waals surface area contributed by atoms with Crippen molar-refractivity contribution in [2.24, 2.45) is 0 Å². The van der Waals surface area contributed by atoms with Crippen LogP contribution in [-0.2, 0) is 29.3 Å². The zero-order valence-corrected chi connectivity index (χ0v) is 34.8. The maximum absolute atomic E-state index is 12.6. The van der Waals surface area contributed by atoms with Gasteiger partial charge in [-0.05, 0) is 92.1 Å². The molecule has 6 rings (SSSR count). The number of carbonyl (C=O) groups is 1. The van der Waals surface area contributed by atoms with E-state index in [9.17, 15) is 41.9 Å².